The van der Waals surface area contributed by atoms with Crippen molar-refractivity contribution in [2.45, 2.75) is 33.1 Å². The third kappa shape index (κ3) is 3.23. The monoisotopic (exact) mass is 229 g/mol. The summed E-state index contributed by atoms with van der Waals surface area (Å²) >= 11 is 1.80. The van der Waals surface area contributed by atoms with Crippen molar-refractivity contribution < 1.29 is 9.59 Å². The van der Waals surface area contributed by atoms with Crippen molar-refractivity contribution in [3.8, 4) is 0 Å². The molecule has 0 saturated carbocycles. The van der Waals surface area contributed by atoms with E-state index < -0.39 is 0 Å². The molecular weight excluding hydrogens is 210 g/mol. The molecule has 1 unspecified atom stereocenters. The van der Waals surface area contributed by atoms with Crippen LogP contribution in [0.2, 0.25) is 0 Å². The van der Waals surface area contributed by atoms with Crippen LogP contribution in [-0.2, 0) is 9.59 Å². The average molecular weight is 229 g/mol. The maximum absolute atomic E-state index is 12.0. The number of carbonyl (C=O) groups is 2. The molecule has 1 saturated heterocycles. The summed E-state index contributed by atoms with van der Waals surface area (Å²) in [4.78, 5) is 25.1. The topological polar surface area (TPSA) is 37.4 Å². The molecule has 0 aromatic rings. The molecule has 0 aliphatic carbocycles. The van der Waals surface area contributed by atoms with E-state index in [0.717, 1.165) is 24.3 Å². The number of hydrogen-bond donors (Lipinski definition) is 0. The fourth-order valence-corrected chi connectivity index (χ4v) is 2.97. The Morgan fingerprint density at radius 3 is 2.60 bits per heavy atom. The van der Waals surface area contributed by atoms with Gasteiger partial charge in [0.15, 0.2) is 0 Å². The van der Waals surface area contributed by atoms with Gasteiger partial charge in [-0.15, -0.1) is 0 Å². The summed E-state index contributed by atoms with van der Waals surface area (Å²) in [5.41, 5.74) is 0. The molecule has 4 heteroatoms. The lowest BCUT2D eigenvalue weighted by atomic mass is 10.1. The predicted octanol–water partition coefficient (Wildman–Crippen LogP) is 1.91. The molecule has 0 radical (unpaired) electrons. The van der Waals surface area contributed by atoms with Gasteiger partial charge in [0.05, 0.1) is 0 Å². The minimum absolute atomic E-state index is 0.0121. The van der Waals surface area contributed by atoms with Crippen LogP contribution in [0.3, 0.4) is 0 Å². The molecule has 15 heavy (non-hydrogen) atoms. The van der Waals surface area contributed by atoms with Crippen molar-refractivity contribution in [2.75, 3.05) is 18.1 Å². The summed E-state index contributed by atoms with van der Waals surface area (Å²) in [6, 6.07) is 0. The summed E-state index contributed by atoms with van der Waals surface area (Å²) in [5.74, 6) is 2.05. The molecule has 1 aliphatic rings. The fourth-order valence-electron chi connectivity index (χ4n) is 1.75. The summed E-state index contributed by atoms with van der Waals surface area (Å²) in [6.07, 6.45) is 2.22. The number of rotatable bonds is 4. The fraction of sp³-hybridized carbons (Fsp3) is 0.818. The summed E-state index contributed by atoms with van der Waals surface area (Å²) in [7, 11) is 0. The molecule has 0 aromatic carbocycles. The van der Waals surface area contributed by atoms with Crippen LogP contribution in [0.1, 0.15) is 33.1 Å². The van der Waals surface area contributed by atoms with E-state index in [1.807, 2.05) is 13.8 Å². The minimum atomic E-state index is -0.0121. The summed E-state index contributed by atoms with van der Waals surface area (Å²) in [5, 5.41) is 0. The molecule has 1 aliphatic heterocycles. The Morgan fingerprint density at radius 2 is 2.13 bits per heavy atom. The van der Waals surface area contributed by atoms with E-state index in [9.17, 15) is 9.59 Å². The Hall–Kier alpha value is -0.510. The van der Waals surface area contributed by atoms with Crippen LogP contribution in [-0.4, -0.2) is 34.8 Å². The van der Waals surface area contributed by atoms with Gasteiger partial charge in [0.1, 0.15) is 0 Å². The second kappa shape index (κ2) is 6.16. The highest BCUT2D eigenvalue weighted by molar-refractivity contribution is 7.99. The lowest BCUT2D eigenvalue weighted by Gasteiger charge is -2.21. The summed E-state index contributed by atoms with van der Waals surface area (Å²) < 4.78 is 0. The normalized spacial score (nSPS) is 20.3. The van der Waals surface area contributed by atoms with E-state index in [2.05, 4.69) is 0 Å². The van der Waals surface area contributed by atoms with Crippen molar-refractivity contribution in [3.63, 3.8) is 0 Å². The van der Waals surface area contributed by atoms with Gasteiger partial charge in [-0.05, 0) is 25.5 Å². The Balaban J connectivity index is 2.56. The molecule has 1 rings (SSSR count). The number of hydrogen-bond acceptors (Lipinski definition) is 3. The van der Waals surface area contributed by atoms with Gasteiger partial charge in [0, 0.05) is 24.6 Å². The van der Waals surface area contributed by atoms with Crippen LogP contribution in [0, 0.1) is 5.92 Å². The molecule has 0 aromatic heterocycles. The van der Waals surface area contributed by atoms with E-state index in [1.54, 1.807) is 11.8 Å². The van der Waals surface area contributed by atoms with Crippen molar-refractivity contribution in [3.05, 3.63) is 0 Å². The zero-order valence-electron chi connectivity index (χ0n) is 9.49. The van der Waals surface area contributed by atoms with Gasteiger partial charge in [-0.2, -0.15) is 11.8 Å². The number of nitrogens with zero attached hydrogens (tertiary/aromatic N) is 1. The van der Waals surface area contributed by atoms with Crippen molar-refractivity contribution in [2.24, 2.45) is 5.92 Å². The van der Waals surface area contributed by atoms with Gasteiger partial charge >= 0.3 is 0 Å². The molecule has 2 amide bonds. The SMILES string of the molecule is CCCC(=O)N(CC)C(=O)C1CCSC1. The van der Waals surface area contributed by atoms with E-state index in [4.69, 9.17) is 0 Å². The molecule has 0 bridgehead atoms. The molecular formula is C11H19NO2S. The Labute approximate surface area is 95.6 Å². The highest BCUT2D eigenvalue weighted by atomic mass is 32.2. The maximum Gasteiger partial charge on any atom is 0.233 e. The molecule has 0 N–H and O–H groups in total. The molecule has 1 heterocycles. The molecule has 1 fully saturated rings. The van der Waals surface area contributed by atoms with E-state index >= 15 is 0 Å². The molecule has 3 nitrogen and oxygen atoms in total. The van der Waals surface area contributed by atoms with Gasteiger partial charge < -0.3 is 0 Å². The van der Waals surface area contributed by atoms with Gasteiger partial charge in [-0.1, -0.05) is 6.92 Å². The maximum atomic E-state index is 12.0. The van der Waals surface area contributed by atoms with Crippen LogP contribution in [0.4, 0.5) is 0 Å². The number of imide groups is 1. The standard InChI is InChI=1S/C11H19NO2S/c1-3-5-10(13)12(4-2)11(14)9-6-7-15-8-9/h9H,3-8H2,1-2H3. The zero-order chi connectivity index (χ0) is 11.3. The van der Waals surface area contributed by atoms with Gasteiger partial charge in [-0.25, -0.2) is 0 Å². The van der Waals surface area contributed by atoms with Crippen LogP contribution >= 0.6 is 11.8 Å². The lowest BCUT2D eigenvalue weighted by Crippen LogP contribution is -2.40. The number of thioether (sulfide) groups is 1. The lowest BCUT2D eigenvalue weighted by molar-refractivity contribution is -0.146. The molecule has 0 spiro atoms. The van der Waals surface area contributed by atoms with E-state index in [-0.39, 0.29) is 17.7 Å². The van der Waals surface area contributed by atoms with Crippen molar-refractivity contribution >= 4 is 23.6 Å². The first kappa shape index (κ1) is 12.6. The third-order valence-electron chi connectivity index (χ3n) is 2.63. The minimum Gasteiger partial charge on any atom is -0.283 e. The first-order valence-electron chi connectivity index (χ1n) is 5.62. The highest BCUT2D eigenvalue weighted by Gasteiger charge is 2.29. The van der Waals surface area contributed by atoms with E-state index in [0.29, 0.717) is 13.0 Å². The van der Waals surface area contributed by atoms with Crippen molar-refractivity contribution in [1.82, 2.24) is 4.90 Å². The number of amides is 2. The second-order valence-electron chi connectivity index (χ2n) is 3.79. The Kier molecular flexibility index (Phi) is 5.15. The van der Waals surface area contributed by atoms with Crippen LogP contribution in [0.15, 0.2) is 0 Å². The molecule has 86 valence electrons. The van der Waals surface area contributed by atoms with Gasteiger partial charge in [0.2, 0.25) is 11.8 Å². The highest BCUT2D eigenvalue weighted by Crippen LogP contribution is 2.25. The zero-order valence-corrected chi connectivity index (χ0v) is 10.3. The van der Waals surface area contributed by atoms with Crippen molar-refractivity contribution in [1.29, 1.82) is 0 Å². The smallest absolute Gasteiger partial charge is 0.233 e. The van der Waals surface area contributed by atoms with Crippen LogP contribution in [0.25, 0.3) is 0 Å². The second-order valence-corrected chi connectivity index (χ2v) is 4.94. The van der Waals surface area contributed by atoms with E-state index in [1.165, 1.54) is 4.90 Å². The predicted molar refractivity (Wildman–Crippen MR) is 62.7 cm³/mol. The van der Waals surface area contributed by atoms with Crippen LogP contribution in [0.5, 0.6) is 0 Å². The Morgan fingerprint density at radius 1 is 1.40 bits per heavy atom. The first-order valence-corrected chi connectivity index (χ1v) is 6.78. The first-order chi connectivity index (χ1) is 7.20. The van der Waals surface area contributed by atoms with Crippen LogP contribution < -0.4 is 0 Å². The molecule has 1 atom stereocenters. The van der Waals surface area contributed by atoms with Gasteiger partial charge in [0.25, 0.3) is 0 Å². The third-order valence-corrected chi connectivity index (χ3v) is 3.79. The number of carbonyl (C=O) groups excluding carboxylic acids is 2. The summed E-state index contributed by atoms with van der Waals surface area (Å²) in [6.45, 7) is 4.34. The van der Waals surface area contributed by atoms with Gasteiger partial charge in [-0.3, -0.25) is 14.5 Å². The largest absolute Gasteiger partial charge is 0.283 e. The Bertz CT molecular complexity index is 237. The average Bonchev–Trinajstić information content (AvgIpc) is 2.71. The quantitative estimate of drug-likeness (QED) is 0.739.